The zero-order chi connectivity index (χ0) is 15.0. The van der Waals surface area contributed by atoms with E-state index >= 15 is 0 Å². The lowest BCUT2D eigenvalue weighted by molar-refractivity contribution is -0.118. The summed E-state index contributed by atoms with van der Waals surface area (Å²) in [6.07, 6.45) is 0. The monoisotopic (exact) mass is 282 g/mol. The Morgan fingerprint density at radius 3 is 2.35 bits per heavy atom. The van der Waals surface area contributed by atoms with Gasteiger partial charge in [-0.3, -0.25) is 10.2 Å². The Balaban J connectivity index is 2.74. The first-order valence-electron chi connectivity index (χ1n) is 6.56. The Bertz CT molecular complexity index is 434. The lowest BCUT2D eigenvalue weighted by Gasteiger charge is -2.19. The Hall–Kier alpha value is -2.16. The van der Waals surface area contributed by atoms with Gasteiger partial charge in [-0.05, 0) is 13.8 Å². The summed E-state index contributed by atoms with van der Waals surface area (Å²) >= 11 is 0. The lowest BCUT2D eigenvalue weighted by Crippen LogP contribution is -2.28. The van der Waals surface area contributed by atoms with E-state index in [4.69, 9.17) is 5.84 Å². The molecule has 0 aromatic carbocycles. The van der Waals surface area contributed by atoms with Crippen molar-refractivity contribution in [2.24, 2.45) is 5.84 Å². The van der Waals surface area contributed by atoms with Crippen LogP contribution in [0.15, 0.2) is 0 Å². The van der Waals surface area contributed by atoms with Crippen molar-refractivity contribution in [1.29, 1.82) is 0 Å². The molecule has 0 saturated heterocycles. The van der Waals surface area contributed by atoms with Gasteiger partial charge in [0.2, 0.25) is 23.8 Å². The molecule has 0 saturated carbocycles. The molecule has 0 unspecified atom stereocenters. The second-order valence-corrected chi connectivity index (χ2v) is 4.01. The molecule has 0 aliphatic heterocycles. The fraction of sp³-hybridized carbons (Fsp3) is 0.636. The van der Waals surface area contributed by atoms with Gasteiger partial charge in [-0.1, -0.05) is 0 Å². The van der Waals surface area contributed by atoms with E-state index in [2.05, 4.69) is 31.0 Å². The van der Waals surface area contributed by atoms with Gasteiger partial charge in [0.05, 0.1) is 0 Å². The van der Waals surface area contributed by atoms with Gasteiger partial charge in [-0.2, -0.15) is 15.0 Å². The zero-order valence-electron chi connectivity index (χ0n) is 12.1. The minimum absolute atomic E-state index is 0.0735. The predicted octanol–water partition coefficient (Wildman–Crippen LogP) is -0.449. The molecule has 0 aliphatic carbocycles. The van der Waals surface area contributed by atoms with E-state index in [1.54, 1.807) is 0 Å². The van der Waals surface area contributed by atoms with Crippen LogP contribution in [0.1, 0.15) is 20.8 Å². The number of nitrogens with one attached hydrogen (secondary N) is 3. The van der Waals surface area contributed by atoms with E-state index in [1.807, 2.05) is 18.7 Å². The number of amides is 1. The number of hydrogen-bond donors (Lipinski definition) is 4. The summed E-state index contributed by atoms with van der Waals surface area (Å²) in [6.45, 7) is 8.10. The molecule has 0 atom stereocenters. The third-order valence-corrected chi connectivity index (χ3v) is 2.58. The molecule has 1 aromatic heterocycles. The first-order valence-corrected chi connectivity index (χ1v) is 6.56. The van der Waals surface area contributed by atoms with Crippen LogP contribution in [-0.2, 0) is 4.79 Å². The van der Waals surface area contributed by atoms with Crippen molar-refractivity contribution in [3.8, 4) is 0 Å². The van der Waals surface area contributed by atoms with E-state index in [0.717, 1.165) is 13.1 Å². The van der Waals surface area contributed by atoms with Crippen LogP contribution >= 0.6 is 0 Å². The first kappa shape index (κ1) is 15.9. The molecule has 1 heterocycles. The summed E-state index contributed by atoms with van der Waals surface area (Å²) in [4.78, 5) is 25.4. The van der Waals surface area contributed by atoms with Crippen LogP contribution in [0.2, 0.25) is 0 Å². The largest absolute Gasteiger partial charge is 0.355 e. The summed E-state index contributed by atoms with van der Waals surface area (Å²) in [5.41, 5.74) is 2.42. The van der Waals surface area contributed by atoms with Crippen LogP contribution in [0, 0.1) is 0 Å². The number of aromatic nitrogens is 3. The van der Waals surface area contributed by atoms with Crippen molar-refractivity contribution < 1.29 is 4.79 Å². The van der Waals surface area contributed by atoms with Crippen molar-refractivity contribution >= 4 is 23.8 Å². The van der Waals surface area contributed by atoms with Crippen LogP contribution in [0.5, 0.6) is 0 Å². The van der Waals surface area contributed by atoms with E-state index in [1.165, 1.54) is 6.92 Å². The summed E-state index contributed by atoms with van der Waals surface area (Å²) < 4.78 is 0. The molecule has 1 rings (SSSR count). The number of hydrogen-bond acceptors (Lipinski definition) is 8. The quantitative estimate of drug-likeness (QED) is 0.287. The summed E-state index contributed by atoms with van der Waals surface area (Å²) in [5, 5.41) is 5.70. The van der Waals surface area contributed by atoms with Gasteiger partial charge in [0.25, 0.3) is 0 Å². The highest BCUT2D eigenvalue weighted by atomic mass is 16.1. The Morgan fingerprint density at radius 1 is 1.15 bits per heavy atom. The Labute approximate surface area is 118 Å². The molecule has 0 aliphatic rings. The van der Waals surface area contributed by atoms with Crippen molar-refractivity contribution in [2.75, 3.05) is 41.8 Å². The third-order valence-electron chi connectivity index (χ3n) is 2.58. The normalized spacial score (nSPS) is 10.0. The molecular weight excluding hydrogens is 260 g/mol. The molecule has 1 amide bonds. The van der Waals surface area contributed by atoms with E-state index < -0.39 is 0 Å². The van der Waals surface area contributed by atoms with Gasteiger partial charge in [0.15, 0.2) is 0 Å². The Kier molecular flexibility index (Phi) is 6.44. The predicted molar refractivity (Wildman–Crippen MR) is 78.4 cm³/mol. The van der Waals surface area contributed by atoms with Crippen LogP contribution < -0.4 is 26.8 Å². The molecule has 5 N–H and O–H groups in total. The minimum Gasteiger partial charge on any atom is -0.355 e. The summed E-state index contributed by atoms with van der Waals surface area (Å²) in [7, 11) is 0. The van der Waals surface area contributed by atoms with Crippen molar-refractivity contribution in [3.05, 3.63) is 0 Å². The van der Waals surface area contributed by atoms with E-state index in [0.29, 0.717) is 30.9 Å². The highest BCUT2D eigenvalue weighted by molar-refractivity contribution is 5.72. The third kappa shape index (κ3) is 4.84. The standard InChI is InChI=1S/C11H22N8O/c1-4-19(5-2)11-16-9(15-10(17-11)18-12)14-7-6-13-8(3)20/h4-7,12H2,1-3H3,(H,13,20)(H2,14,15,16,17,18). The van der Waals surface area contributed by atoms with Gasteiger partial charge >= 0.3 is 0 Å². The molecule has 9 nitrogen and oxygen atoms in total. The zero-order valence-corrected chi connectivity index (χ0v) is 12.1. The van der Waals surface area contributed by atoms with Gasteiger partial charge in [0.1, 0.15) is 0 Å². The van der Waals surface area contributed by atoms with Crippen LogP contribution in [0.25, 0.3) is 0 Å². The summed E-state index contributed by atoms with van der Waals surface area (Å²) in [5.74, 6) is 6.55. The average molecular weight is 282 g/mol. The Morgan fingerprint density at radius 2 is 1.80 bits per heavy atom. The maximum atomic E-state index is 10.8. The number of rotatable bonds is 8. The smallest absolute Gasteiger partial charge is 0.243 e. The maximum absolute atomic E-state index is 10.8. The number of nitrogens with two attached hydrogens (primary N) is 1. The number of nitrogen functional groups attached to an aromatic ring is 1. The molecule has 0 radical (unpaired) electrons. The average Bonchev–Trinajstić information content (AvgIpc) is 2.44. The molecule has 0 bridgehead atoms. The second kappa shape index (κ2) is 8.10. The molecule has 9 heteroatoms. The molecular formula is C11H22N8O. The maximum Gasteiger partial charge on any atom is 0.243 e. The van der Waals surface area contributed by atoms with Crippen molar-refractivity contribution in [3.63, 3.8) is 0 Å². The van der Waals surface area contributed by atoms with Crippen LogP contribution in [0.4, 0.5) is 17.8 Å². The van der Waals surface area contributed by atoms with Crippen LogP contribution in [-0.4, -0.2) is 47.0 Å². The van der Waals surface area contributed by atoms with Gasteiger partial charge < -0.3 is 15.5 Å². The van der Waals surface area contributed by atoms with Gasteiger partial charge in [-0.15, -0.1) is 0 Å². The highest BCUT2D eigenvalue weighted by Gasteiger charge is 2.10. The van der Waals surface area contributed by atoms with E-state index in [9.17, 15) is 4.79 Å². The van der Waals surface area contributed by atoms with Crippen LogP contribution in [0.3, 0.4) is 0 Å². The molecule has 0 fully saturated rings. The van der Waals surface area contributed by atoms with Crippen molar-refractivity contribution in [1.82, 2.24) is 20.3 Å². The number of carbonyl (C=O) groups is 1. The molecule has 112 valence electrons. The SMILES string of the molecule is CCN(CC)c1nc(NN)nc(NCCNC(C)=O)n1. The second-order valence-electron chi connectivity index (χ2n) is 4.01. The minimum atomic E-state index is -0.0735. The molecule has 0 spiro atoms. The summed E-state index contributed by atoms with van der Waals surface area (Å²) in [6, 6.07) is 0. The first-order chi connectivity index (χ1) is 9.60. The highest BCUT2D eigenvalue weighted by Crippen LogP contribution is 2.12. The molecule has 1 aromatic rings. The molecule has 20 heavy (non-hydrogen) atoms. The van der Waals surface area contributed by atoms with Crippen molar-refractivity contribution in [2.45, 2.75) is 20.8 Å². The fourth-order valence-corrected chi connectivity index (χ4v) is 1.57. The van der Waals surface area contributed by atoms with E-state index in [-0.39, 0.29) is 5.91 Å². The number of nitrogens with zero attached hydrogens (tertiary/aromatic N) is 4. The fourth-order valence-electron chi connectivity index (χ4n) is 1.57. The topological polar surface area (TPSA) is 121 Å². The number of carbonyl (C=O) groups excluding carboxylic acids is 1. The van der Waals surface area contributed by atoms with Gasteiger partial charge in [-0.25, -0.2) is 5.84 Å². The lowest BCUT2D eigenvalue weighted by atomic mass is 10.5. The number of hydrazine groups is 1. The number of anilines is 3. The van der Waals surface area contributed by atoms with Gasteiger partial charge in [0, 0.05) is 33.1 Å².